The molecule has 1 aliphatic heterocycles. The first-order valence-corrected chi connectivity index (χ1v) is 8.96. The minimum absolute atomic E-state index is 0.109. The topological polar surface area (TPSA) is 105 Å². The fraction of sp³-hybridized carbons (Fsp3) is 0.300. The van der Waals surface area contributed by atoms with E-state index in [0.29, 0.717) is 24.0 Å². The maximum atomic E-state index is 12.3. The zero-order valence-corrected chi connectivity index (χ0v) is 15.0. The summed E-state index contributed by atoms with van der Waals surface area (Å²) in [5.74, 6) is 1.67. The number of para-hydroxylation sites is 1. The first-order chi connectivity index (χ1) is 13.1. The van der Waals surface area contributed by atoms with Crippen LogP contribution in [0.3, 0.4) is 0 Å². The van der Waals surface area contributed by atoms with Crippen LogP contribution in [0.4, 0.5) is 4.79 Å². The van der Waals surface area contributed by atoms with E-state index in [2.05, 4.69) is 16.0 Å². The highest BCUT2D eigenvalue weighted by atomic mass is 16.5. The number of nitrogens with one attached hydrogen (secondary N) is 3. The van der Waals surface area contributed by atoms with E-state index in [-0.39, 0.29) is 12.3 Å². The summed E-state index contributed by atoms with van der Waals surface area (Å²) in [4.78, 5) is 23.7. The molecule has 1 atom stereocenters. The number of hydrogen-bond acceptors (Lipinski definition) is 4. The highest BCUT2D eigenvalue weighted by Gasteiger charge is 2.21. The van der Waals surface area contributed by atoms with Crippen LogP contribution in [0.2, 0.25) is 0 Å². The summed E-state index contributed by atoms with van der Waals surface area (Å²) in [5, 5.41) is 8.72. The van der Waals surface area contributed by atoms with Crippen molar-refractivity contribution in [2.24, 2.45) is 11.7 Å². The van der Waals surface area contributed by atoms with Crippen molar-refractivity contribution in [1.82, 2.24) is 16.0 Å². The molecule has 27 heavy (non-hydrogen) atoms. The summed E-state index contributed by atoms with van der Waals surface area (Å²) in [6, 6.07) is 15.5. The zero-order valence-electron chi connectivity index (χ0n) is 15.0. The lowest BCUT2D eigenvalue weighted by atomic mass is 10.0. The normalized spacial score (nSPS) is 14.7. The average molecular weight is 368 g/mol. The van der Waals surface area contributed by atoms with Gasteiger partial charge in [0.05, 0.1) is 12.5 Å². The van der Waals surface area contributed by atoms with Gasteiger partial charge in [-0.1, -0.05) is 30.3 Å². The van der Waals surface area contributed by atoms with Crippen LogP contribution in [-0.2, 0) is 4.79 Å². The van der Waals surface area contributed by atoms with Gasteiger partial charge in [0.2, 0.25) is 5.91 Å². The Hall–Kier alpha value is -3.06. The van der Waals surface area contributed by atoms with Crippen molar-refractivity contribution in [2.75, 3.05) is 19.6 Å². The molecule has 1 unspecified atom stereocenters. The predicted molar refractivity (Wildman–Crippen MR) is 102 cm³/mol. The van der Waals surface area contributed by atoms with E-state index in [1.807, 2.05) is 48.5 Å². The Bertz CT molecular complexity index is 778. The standard InChI is InChI=1S/C20H24N4O3/c21-20(26)24-18(10-19(25)23-13-14-11-22-12-14)15-5-4-8-17(9-15)27-16-6-2-1-3-7-16/h1-9,14,18,22H,10-13H2,(H,23,25)(H3,21,24,26). The van der Waals surface area contributed by atoms with Gasteiger partial charge in [-0.2, -0.15) is 0 Å². The van der Waals surface area contributed by atoms with Crippen molar-refractivity contribution in [3.63, 3.8) is 0 Å². The summed E-state index contributed by atoms with van der Waals surface area (Å²) in [7, 11) is 0. The summed E-state index contributed by atoms with van der Waals surface area (Å²) < 4.78 is 5.83. The molecule has 2 aromatic rings. The van der Waals surface area contributed by atoms with Gasteiger partial charge in [-0.25, -0.2) is 4.79 Å². The molecule has 1 heterocycles. The van der Waals surface area contributed by atoms with Crippen LogP contribution in [0.5, 0.6) is 11.5 Å². The van der Waals surface area contributed by atoms with E-state index < -0.39 is 12.1 Å². The van der Waals surface area contributed by atoms with Crippen LogP contribution in [0.15, 0.2) is 54.6 Å². The number of primary amides is 1. The van der Waals surface area contributed by atoms with Crippen LogP contribution in [0.1, 0.15) is 18.0 Å². The monoisotopic (exact) mass is 368 g/mol. The largest absolute Gasteiger partial charge is 0.457 e. The van der Waals surface area contributed by atoms with Gasteiger partial charge in [0.15, 0.2) is 0 Å². The molecule has 0 bridgehead atoms. The molecule has 1 aliphatic rings. The minimum atomic E-state index is -0.676. The number of hydrogen-bond donors (Lipinski definition) is 4. The summed E-state index contributed by atoms with van der Waals surface area (Å²) >= 11 is 0. The lowest BCUT2D eigenvalue weighted by molar-refractivity contribution is -0.121. The highest BCUT2D eigenvalue weighted by molar-refractivity contribution is 5.78. The molecular formula is C20H24N4O3. The van der Waals surface area contributed by atoms with E-state index >= 15 is 0 Å². The van der Waals surface area contributed by atoms with Gasteiger partial charge >= 0.3 is 6.03 Å². The molecule has 0 aromatic heterocycles. The Morgan fingerprint density at radius 1 is 1.11 bits per heavy atom. The van der Waals surface area contributed by atoms with Crippen LogP contribution < -0.4 is 26.4 Å². The lowest BCUT2D eigenvalue weighted by Crippen LogP contribution is -2.48. The van der Waals surface area contributed by atoms with Crippen molar-refractivity contribution in [3.8, 4) is 11.5 Å². The van der Waals surface area contributed by atoms with Crippen molar-refractivity contribution in [1.29, 1.82) is 0 Å². The Morgan fingerprint density at radius 2 is 1.85 bits per heavy atom. The number of carbonyl (C=O) groups is 2. The molecule has 5 N–H and O–H groups in total. The molecule has 2 aromatic carbocycles. The molecule has 7 nitrogen and oxygen atoms in total. The number of amides is 3. The summed E-state index contributed by atoms with van der Waals surface area (Å²) in [5.41, 5.74) is 6.05. The minimum Gasteiger partial charge on any atom is -0.457 e. The number of ether oxygens (including phenoxy) is 1. The number of nitrogens with two attached hydrogens (primary N) is 1. The molecule has 142 valence electrons. The molecule has 7 heteroatoms. The van der Waals surface area contributed by atoms with Crippen LogP contribution in [0, 0.1) is 5.92 Å². The molecule has 3 rings (SSSR count). The van der Waals surface area contributed by atoms with E-state index in [9.17, 15) is 9.59 Å². The van der Waals surface area contributed by atoms with Crippen molar-refractivity contribution in [3.05, 3.63) is 60.2 Å². The Balaban J connectivity index is 1.66. The third-order valence-corrected chi connectivity index (χ3v) is 4.40. The maximum absolute atomic E-state index is 12.3. The van der Waals surface area contributed by atoms with E-state index in [1.165, 1.54) is 0 Å². The number of rotatable bonds is 8. The van der Waals surface area contributed by atoms with Gasteiger partial charge in [-0.05, 0) is 29.8 Å². The molecule has 0 spiro atoms. The van der Waals surface area contributed by atoms with E-state index in [0.717, 1.165) is 18.7 Å². The van der Waals surface area contributed by atoms with Crippen LogP contribution >= 0.6 is 0 Å². The van der Waals surface area contributed by atoms with Crippen LogP contribution in [-0.4, -0.2) is 31.6 Å². The third kappa shape index (κ3) is 5.72. The molecule has 0 saturated carbocycles. The first-order valence-electron chi connectivity index (χ1n) is 8.96. The van der Waals surface area contributed by atoms with Gasteiger partial charge in [-0.15, -0.1) is 0 Å². The lowest BCUT2D eigenvalue weighted by Gasteiger charge is -2.27. The second kappa shape index (κ2) is 9.05. The fourth-order valence-electron chi connectivity index (χ4n) is 2.85. The van der Waals surface area contributed by atoms with Crippen molar-refractivity contribution >= 4 is 11.9 Å². The summed E-state index contributed by atoms with van der Waals surface area (Å²) in [6.45, 7) is 2.47. The molecule has 1 fully saturated rings. The fourth-order valence-corrected chi connectivity index (χ4v) is 2.85. The van der Waals surface area contributed by atoms with Crippen LogP contribution in [0.25, 0.3) is 0 Å². The third-order valence-electron chi connectivity index (χ3n) is 4.40. The van der Waals surface area contributed by atoms with Crippen molar-refractivity contribution < 1.29 is 14.3 Å². The highest BCUT2D eigenvalue weighted by Crippen LogP contribution is 2.26. The Labute approximate surface area is 158 Å². The van der Waals surface area contributed by atoms with Gasteiger partial charge in [0, 0.05) is 25.6 Å². The quantitative estimate of drug-likeness (QED) is 0.571. The van der Waals surface area contributed by atoms with E-state index in [4.69, 9.17) is 10.5 Å². The van der Waals surface area contributed by atoms with E-state index in [1.54, 1.807) is 6.07 Å². The Kier molecular flexibility index (Phi) is 6.27. The van der Waals surface area contributed by atoms with Gasteiger partial charge in [0.1, 0.15) is 11.5 Å². The zero-order chi connectivity index (χ0) is 19.1. The second-order valence-electron chi connectivity index (χ2n) is 6.58. The maximum Gasteiger partial charge on any atom is 0.312 e. The first kappa shape index (κ1) is 18.7. The molecule has 1 saturated heterocycles. The predicted octanol–water partition coefficient (Wildman–Crippen LogP) is 1.91. The van der Waals surface area contributed by atoms with Gasteiger partial charge in [-0.3, -0.25) is 4.79 Å². The number of carbonyl (C=O) groups excluding carboxylic acids is 2. The SMILES string of the molecule is NC(=O)NC(CC(=O)NCC1CNC1)c1cccc(Oc2ccccc2)c1. The van der Waals surface area contributed by atoms with Crippen molar-refractivity contribution in [2.45, 2.75) is 12.5 Å². The summed E-state index contributed by atoms with van der Waals surface area (Å²) in [6.07, 6.45) is 0.109. The smallest absolute Gasteiger partial charge is 0.312 e. The molecule has 3 amide bonds. The Morgan fingerprint density at radius 3 is 2.52 bits per heavy atom. The number of benzene rings is 2. The molecule has 0 aliphatic carbocycles. The molecule has 0 radical (unpaired) electrons. The second-order valence-corrected chi connectivity index (χ2v) is 6.58. The average Bonchev–Trinajstić information content (AvgIpc) is 2.60. The number of urea groups is 1. The van der Waals surface area contributed by atoms with Gasteiger partial charge < -0.3 is 26.4 Å². The van der Waals surface area contributed by atoms with Gasteiger partial charge in [0.25, 0.3) is 0 Å². The molecular weight excluding hydrogens is 344 g/mol.